The van der Waals surface area contributed by atoms with Crippen molar-refractivity contribution in [3.63, 3.8) is 0 Å². The van der Waals surface area contributed by atoms with E-state index < -0.39 is 18.0 Å². The summed E-state index contributed by atoms with van der Waals surface area (Å²) in [6.07, 6.45) is 0.391. The molecule has 0 aliphatic rings. The van der Waals surface area contributed by atoms with E-state index in [-0.39, 0.29) is 18.9 Å². The van der Waals surface area contributed by atoms with Crippen LogP contribution in [-0.4, -0.2) is 54.6 Å². The topological polar surface area (TPSA) is 98.7 Å². The van der Waals surface area contributed by atoms with Crippen molar-refractivity contribution < 1.29 is 19.5 Å². The van der Waals surface area contributed by atoms with Crippen LogP contribution in [0, 0.1) is 0 Å². The first kappa shape index (κ1) is 15.2. The Morgan fingerprint density at radius 3 is 2.35 bits per heavy atom. The molecule has 0 saturated heterocycles. The first-order valence-electron chi connectivity index (χ1n) is 5.34. The molecule has 7 heteroatoms. The Kier molecular flexibility index (Phi) is 6.69. The SMILES string of the molecule is CCC(CC(=O)O)NC(=O)N(C)CC(=O)NC. The first-order valence-corrected chi connectivity index (χ1v) is 5.34. The Morgan fingerprint density at radius 2 is 1.94 bits per heavy atom. The second-order valence-corrected chi connectivity index (χ2v) is 3.68. The van der Waals surface area contributed by atoms with Gasteiger partial charge in [-0.1, -0.05) is 6.92 Å². The molecule has 0 radical (unpaired) electrons. The van der Waals surface area contributed by atoms with Gasteiger partial charge in [0.25, 0.3) is 0 Å². The number of hydrogen-bond acceptors (Lipinski definition) is 3. The van der Waals surface area contributed by atoms with Crippen molar-refractivity contribution in [1.29, 1.82) is 0 Å². The minimum absolute atomic E-state index is 0.0637. The summed E-state index contributed by atoms with van der Waals surface area (Å²) in [6, 6.07) is -0.881. The maximum absolute atomic E-state index is 11.6. The highest BCUT2D eigenvalue weighted by molar-refractivity contribution is 5.84. The van der Waals surface area contributed by atoms with Gasteiger partial charge >= 0.3 is 12.0 Å². The Hall–Kier alpha value is -1.79. The molecule has 0 heterocycles. The Balaban J connectivity index is 4.21. The molecule has 0 fully saturated rings. The molecule has 0 spiro atoms. The predicted octanol–water partition coefficient (Wildman–Crippen LogP) is -0.373. The summed E-state index contributed by atoms with van der Waals surface area (Å²) in [5.74, 6) is -1.25. The van der Waals surface area contributed by atoms with Gasteiger partial charge in [0.1, 0.15) is 6.54 Å². The number of carboxylic acids is 1. The molecule has 98 valence electrons. The third-order valence-electron chi connectivity index (χ3n) is 2.25. The summed E-state index contributed by atoms with van der Waals surface area (Å²) in [7, 11) is 2.95. The molecule has 1 atom stereocenters. The molecule has 3 N–H and O–H groups in total. The largest absolute Gasteiger partial charge is 0.481 e. The number of nitrogens with one attached hydrogen (secondary N) is 2. The van der Waals surface area contributed by atoms with Crippen LogP contribution in [0.4, 0.5) is 4.79 Å². The lowest BCUT2D eigenvalue weighted by molar-refractivity contribution is -0.137. The van der Waals surface area contributed by atoms with Gasteiger partial charge in [0.05, 0.1) is 6.42 Å². The number of carboxylic acid groups (broad SMARTS) is 1. The number of urea groups is 1. The maximum Gasteiger partial charge on any atom is 0.317 e. The van der Waals surface area contributed by atoms with E-state index in [4.69, 9.17) is 5.11 Å². The van der Waals surface area contributed by atoms with Crippen molar-refractivity contribution in [2.45, 2.75) is 25.8 Å². The number of carbonyl (C=O) groups is 3. The molecular formula is C10H19N3O4. The van der Waals surface area contributed by atoms with Crippen LogP contribution in [0.5, 0.6) is 0 Å². The van der Waals surface area contributed by atoms with Crippen molar-refractivity contribution in [2.24, 2.45) is 0 Å². The highest BCUT2D eigenvalue weighted by atomic mass is 16.4. The quantitative estimate of drug-likeness (QED) is 0.594. The van der Waals surface area contributed by atoms with Crippen LogP contribution in [0.1, 0.15) is 19.8 Å². The second-order valence-electron chi connectivity index (χ2n) is 3.68. The van der Waals surface area contributed by atoms with E-state index in [0.717, 1.165) is 0 Å². The number of carbonyl (C=O) groups excluding carboxylic acids is 2. The summed E-state index contributed by atoms with van der Waals surface area (Å²) in [5.41, 5.74) is 0. The lowest BCUT2D eigenvalue weighted by atomic mass is 10.1. The average molecular weight is 245 g/mol. The second kappa shape index (κ2) is 7.48. The lowest BCUT2D eigenvalue weighted by Crippen LogP contribution is -2.46. The van der Waals surface area contributed by atoms with E-state index in [1.54, 1.807) is 6.92 Å². The minimum atomic E-state index is -0.967. The molecule has 0 rings (SSSR count). The zero-order chi connectivity index (χ0) is 13.4. The van der Waals surface area contributed by atoms with Crippen LogP contribution in [0.25, 0.3) is 0 Å². The number of hydrogen-bond donors (Lipinski definition) is 3. The lowest BCUT2D eigenvalue weighted by Gasteiger charge is -2.21. The molecular weight excluding hydrogens is 226 g/mol. The molecule has 0 aromatic carbocycles. The van der Waals surface area contributed by atoms with Crippen molar-refractivity contribution in [3.8, 4) is 0 Å². The van der Waals surface area contributed by atoms with Crippen LogP contribution >= 0.6 is 0 Å². The Labute approximate surface area is 100 Å². The van der Waals surface area contributed by atoms with Crippen molar-refractivity contribution >= 4 is 17.9 Å². The van der Waals surface area contributed by atoms with Crippen LogP contribution in [0.2, 0.25) is 0 Å². The molecule has 3 amide bonds. The zero-order valence-corrected chi connectivity index (χ0v) is 10.3. The number of nitrogens with zero attached hydrogens (tertiary/aromatic N) is 1. The van der Waals surface area contributed by atoms with Gasteiger partial charge < -0.3 is 20.6 Å². The van der Waals surface area contributed by atoms with Crippen LogP contribution in [0.3, 0.4) is 0 Å². The van der Waals surface area contributed by atoms with Gasteiger partial charge in [-0.15, -0.1) is 0 Å². The van der Waals surface area contributed by atoms with Crippen molar-refractivity contribution in [3.05, 3.63) is 0 Å². The molecule has 0 aliphatic carbocycles. The number of amides is 3. The van der Waals surface area contributed by atoms with E-state index in [2.05, 4.69) is 10.6 Å². The molecule has 0 saturated carbocycles. The summed E-state index contributed by atoms with van der Waals surface area (Å²) >= 11 is 0. The summed E-state index contributed by atoms with van der Waals surface area (Å²) in [4.78, 5) is 34.3. The fourth-order valence-corrected chi connectivity index (χ4v) is 1.16. The number of likely N-dealkylation sites (N-methyl/N-ethyl adjacent to an activating group) is 2. The maximum atomic E-state index is 11.6. The fourth-order valence-electron chi connectivity index (χ4n) is 1.16. The van der Waals surface area contributed by atoms with Crippen LogP contribution in [0.15, 0.2) is 0 Å². The molecule has 0 aromatic rings. The zero-order valence-electron chi connectivity index (χ0n) is 10.3. The molecule has 0 aliphatic heterocycles. The van der Waals surface area contributed by atoms with Gasteiger partial charge in [0.2, 0.25) is 5.91 Å². The smallest absolute Gasteiger partial charge is 0.317 e. The van der Waals surface area contributed by atoms with Gasteiger partial charge in [-0.05, 0) is 6.42 Å². The highest BCUT2D eigenvalue weighted by Gasteiger charge is 2.17. The summed E-state index contributed by atoms with van der Waals surface area (Å²) in [5, 5.41) is 13.6. The van der Waals surface area contributed by atoms with Crippen LogP contribution in [-0.2, 0) is 9.59 Å². The van der Waals surface area contributed by atoms with Gasteiger partial charge in [-0.3, -0.25) is 9.59 Å². The number of rotatable bonds is 6. The van der Waals surface area contributed by atoms with E-state index in [9.17, 15) is 14.4 Å². The minimum Gasteiger partial charge on any atom is -0.481 e. The van der Waals surface area contributed by atoms with E-state index in [1.807, 2.05) is 0 Å². The average Bonchev–Trinajstić information content (AvgIpc) is 2.26. The first-order chi connectivity index (χ1) is 7.90. The van der Waals surface area contributed by atoms with Crippen molar-refractivity contribution in [2.75, 3.05) is 20.6 Å². The van der Waals surface area contributed by atoms with Gasteiger partial charge in [-0.25, -0.2) is 4.79 Å². The molecule has 0 bridgehead atoms. The Morgan fingerprint density at radius 1 is 1.35 bits per heavy atom. The highest BCUT2D eigenvalue weighted by Crippen LogP contribution is 1.98. The number of aliphatic carboxylic acids is 1. The van der Waals surface area contributed by atoms with E-state index in [0.29, 0.717) is 6.42 Å². The predicted molar refractivity (Wildman–Crippen MR) is 61.6 cm³/mol. The fraction of sp³-hybridized carbons (Fsp3) is 0.700. The normalized spacial score (nSPS) is 11.5. The summed E-state index contributed by atoms with van der Waals surface area (Å²) < 4.78 is 0. The third-order valence-corrected chi connectivity index (χ3v) is 2.25. The van der Waals surface area contributed by atoms with Gasteiger partial charge in [0.15, 0.2) is 0 Å². The summed E-state index contributed by atoms with van der Waals surface area (Å²) in [6.45, 7) is 1.72. The Bertz CT molecular complexity index is 293. The standard InChI is InChI=1S/C10H19N3O4/c1-4-7(5-9(15)16)12-10(17)13(3)6-8(14)11-2/h7H,4-6H2,1-3H3,(H,11,14)(H,12,17)(H,15,16). The van der Waals surface area contributed by atoms with Crippen LogP contribution < -0.4 is 10.6 Å². The third kappa shape index (κ3) is 6.39. The monoisotopic (exact) mass is 245 g/mol. The van der Waals surface area contributed by atoms with Crippen molar-refractivity contribution in [1.82, 2.24) is 15.5 Å². The van der Waals surface area contributed by atoms with E-state index in [1.165, 1.54) is 19.0 Å². The molecule has 17 heavy (non-hydrogen) atoms. The molecule has 7 nitrogen and oxygen atoms in total. The molecule has 0 aromatic heterocycles. The van der Waals surface area contributed by atoms with E-state index >= 15 is 0 Å². The van der Waals surface area contributed by atoms with Gasteiger partial charge in [0, 0.05) is 20.1 Å². The molecule has 1 unspecified atom stereocenters. The van der Waals surface area contributed by atoms with Gasteiger partial charge in [-0.2, -0.15) is 0 Å².